The molecule has 1 fully saturated rings. The van der Waals surface area contributed by atoms with Gasteiger partial charge >= 0.3 is 0 Å². The van der Waals surface area contributed by atoms with E-state index >= 15 is 0 Å². The van der Waals surface area contributed by atoms with E-state index in [1.165, 1.54) is 10.5 Å². The molecule has 1 saturated heterocycles. The highest BCUT2D eigenvalue weighted by atomic mass is 32.2. The molecule has 0 radical (unpaired) electrons. The molecular formula is C16H19N5O3S2. The van der Waals surface area contributed by atoms with Crippen molar-refractivity contribution in [3.05, 3.63) is 34.6 Å². The van der Waals surface area contributed by atoms with Gasteiger partial charge in [0, 0.05) is 24.5 Å². The SMILES string of the molecule is Cc1c(S(=O)(=O)N2CCCCC2c2nnc(-c3ccsc3)o2)cnn1C. The molecule has 8 nitrogen and oxygen atoms in total. The fraction of sp³-hybridized carbons (Fsp3) is 0.438. The van der Waals surface area contributed by atoms with Gasteiger partial charge in [0.25, 0.3) is 0 Å². The molecule has 10 heteroatoms. The van der Waals surface area contributed by atoms with Crippen molar-refractivity contribution in [1.82, 2.24) is 24.3 Å². The third kappa shape index (κ3) is 2.87. The van der Waals surface area contributed by atoms with Crippen LogP contribution in [0.2, 0.25) is 0 Å². The number of aryl methyl sites for hydroxylation is 1. The van der Waals surface area contributed by atoms with Gasteiger partial charge in [-0.15, -0.1) is 10.2 Å². The Hall–Kier alpha value is -2.04. The molecule has 1 aliphatic rings. The highest BCUT2D eigenvalue weighted by Gasteiger charge is 2.39. The molecule has 0 aromatic carbocycles. The van der Waals surface area contributed by atoms with Crippen LogP contribution in [-0.4, -0.2) is 39.2 Å². The maximum atomic E-state index is 13.2. The average Bonchev–Trinajstić information content (AvgIpc) is 3.37. The molecule has 0 aliphatic carbocycles. The van der Waals surface area contributed by atoms with Gasteiger partial charge in [0.15, 0.2) is 0 Å². The van der Waals surface area contributed by atoms with E-state index in [1.807, 2.05) is 16.8 Å². The van der Waals surface area contributed by atoms with Crippen LogP contribution in [0, 0.1) is 6.92 Å². The molecule has 0 amide bonds. The minimum absolute atomic E-state index is 0.226. The number of rotatable bonds is 4. The predicted octanol–water partition coefficient (Wildman–Crippen LogP) is 2.76. The largest absolute Gasteiger partial charge is 0.419 e. The zero-order valence-electron chi connectivity index (χ0n) is 14.5. The second kappa shape index (κ2) is 6.60. The molecular weight excluding hydrogens is 374 g/mol. The normalized spacial score (nSPS) is 19.1. The van der Waals surface area contributed by atoms with Crippen molar-refractivity contribution >= 4 is 21.4 Å². The van der Waals surface area contributed by atoms with E-state index in [2.05, 4.69) is 15.3 Å². The number of hydrogen-bond donors (Lipinski definition) is 0. The van der Waals surface area contributed by atoms with Crippen LogP contribution in [0.1, 0.15) is 36.9 Å². The monoisotopic (exact) mass is 393 g/mol. The van der Waals surface area contributed by atoms with Gasteiger partial charge in [-0.25, -0.2) is 8.42 Å². The standard InChI is InChI=1S/C16H19N5O3S2/c1-11-14(9-17-20(11)2)26(22,23)21-7-4-3-5-13(21)16-19-18-15(24-16)12-6-8-25-10-12/h6,8-10,13H,3-5,7H2,1-2H3. The zero-order chi connectivity index (χ0) is 18.3. The highest BCUT2D eigenvalue weighted by molar-refractivity contribution is 7.89. The second-order valence-electron chi connectivity index (χ2n) is 6.30. The van der Waals surface area contributed by atoms with Gasteiger partial charge in [0.05, 0.1) is 11.9 Å². The third-order valence-corrected chi connectivity index (χ3v) is 7.42. The quantitative estimate of drug-likeness (QED) is 0.676. The average molecular weight is 393 g/mol. The minimum Gasteiger partial charge on any atom is -0.419 e. The van der Waals surface area contributed by atoms with Gasteiger partial charge < -0.3 is 4.42 Å². The van der Waals surface area contributed by atoms with E-state index in [0.717, 1.165) is 18.4 Å². The summed E-state index contributed by atoms with van der Waals surface area (Å²) in [7, 11) is -1.96. The summed E-state index contributed by atoms with van der Waals surface area (Å²) >= 11 is 1.54. The summed E-state index contributed by atoms with van der Waals surface area (Å²) in [6.07, 6.45) is 3.78. The molecule has 138 valence electrons. The predicted molar refractivity (Wildman–Crippen MR) is 96.0 cm³/mol. The lowest BCUT2D eigenvalue weighted by Crippen LogP contribution is -2.38. The van der Waals surface area contributed by atoms with Crippen LogP contribution < -0.4 is 0 Å². The Morgan fingerprint density at radius 2 is 2.15 bits per heavy atom. The van der Waals surface area contributed by atoms with Crippen LogP contribution in [0.5, 0.6) is 0 Å². The molecule has 0 bridgehead atoms. The molecule has 0 N–H and O–H groups in total. The van der Waals surface area contributed by atoms with E-state index in [1.54, 1.807) is 30.0 Å². The van der Waals surface area contributed by atoms with Crippen molar-refractivity contribution < 1.29 is 12.8 Å². The number of sulfonamides is 1. The van der Waals surface area contributed by atoms with Crippen LogP contribution in [0.25, 0.3) is 11.5 Å². The maximum Gasteiger partial charge on any atom is 0.248 e. The Kier molecular flexibility index (Phi) is 4.41. The number of aromatic nitrogens is 4. The molecule has 4 heterocycles. The van der Waals surface area contributed by atoms with E-state index < -0.39 is 16.1 Å². The lowest BCUT2D eigenvalue weighted by atomic mass is 10.1. The zero-order valence-corrected chi connectivity index (χ0v) is 16.1. The van der Waals surface area contributed by atoms with Gasteiger partial charge in [-0.05, 0) is 31.2 Å². The topological polar surface area (TPSA) is 94.1 Å². The van der Waals surface area contributed by atoms with Gasteiger partial charge in [0.2, 0.25) is 21.8 Å². The van der Waals surface area contributed by atoms with Crippen LogP contribution in [0.3, 0.4) is 0 Å². The Morgan fingerprint density at radius 1 is 1.31 bits per heavy atom. The molecule has 1 atom stereocenters. The summed E-state index contributed by atoms with van der Waals surface area (Å²) in [6.45, 7) is 2.18. The molecule has 26 heavy (non-hydrogen) atoms. The molecule has 0 spiro atoms. The first-order chi connectivity index (χ1) is 12.5. The second-order valence-corrected chi connectivity index (χ2v) is 8.94. The van der Waals surface area contributed by atoms with E-state index in [0.29, 0.717) is 30.4 Å². The summed E-state index contributed by atoms with van der Waals surface area (Å²) in [5.41, 5.74) is 1.46. The van der Waals surface area contributed by atoms with E-state index in [-0.39, 0.29) is 4.90 Å². The molecule has 0 saturated carbocycles. The van der Waals surface area contributed by atoms with Gasteiger partial charge in [-0.1, -0.05) is 6.42 Å². The Morgan fingerprint density at radius 3 is 2.85 bits per heavy atom. The van der Waals surface area contributed by atoms with Crippen molar-refractivity contribution in [3.63, 3.8) is 0 Å². The Bertz CT molecular complexity index is 1010. The van der Waals surface area contributed by atoms with Gasteiger partial charge in [0.1, 0.15) is 10.9 Å². The van der Waals surface area contributed by atoms with Crippen LogP contribution in [0.4, 0.5) is 0 Å². The summed E-state index contributed by atoms with van der Waals surface area (Å²) in [5.74, 6) is 0.762. The van der Waals surface area contributed by atoms with Crippen molar-refractivity contribution in [2.75, 3.05) is 6.54 Å². The van der Waals surface area contributed by atoms with Crippen LogP contribution in [0.15, 0.2) is 32.3 Å². The van der Waals surface area contributed by atoms with Crippen molar-refractivity contribution in [2.24, 2.45) is 7.05 Å². The summed E-state index contributed by atoms with van der Waals surface area (Å²) in [5, 5.41) is 16.2. The lowest BCUT2D eigenvalue weighted by Gasteiger charge is -2.32. The number of thiophene rings is 1. The molecule has 3 aromatic rings. The summed E-state index contributed by atoms with van der Waals surface area (Å²) in [6, 6.07) is 1.45. The Balaban J connectivity index is 1.70. The van der Waals surface area contributed by atoms with Crippen LogP contribution in [-0.2, 0) is 17.1 Å². The minimum atomic E-state index is -3.69. The molecule has 4 rings (SSSR count). The first kappa shape index (κ1) is 17.4. The molecule has 1 unspecified atom stereocenters. The fourth-order valence-corrected chi connectivity index (χ4v) is 5.64. The van der Waals surface area contributed by atoms with Gasteiger partial charge in [-0.2, -0.15) is 20.7 Å². The lowest BCUT2D eigenvalue weighted by molar-refractivity contribution is 0.220. The highest BCUT2D eigenvalue weighted by Crippen LogP contribution is 2.36. The molecule has 3 aromatic heterocycles. The third-order valence-electron chi connectivity index (χ3n) is 4.72. The van der Waals surface area contributed by atoms with E-state index in [4.69, 9.17) is 4.42 Å². The fourth-order valence-electron chi connectivity index (χ4n) is 3.17. The first-order valence-corrected chi connectivity index (χ1v) is 10.7. The first-order valence-electron chi connectivity index (χ1n) is 8.35. The van der Waals surface area contributed by atoms with E-state index in [9.17, 15) is 8.42 Å². The van der Waals surface area contributed by atoms with Gasteiger partial charge in [-0.3, -0.25) is 4.68 Å². The van der Waals surface area contributed by atoms with Crippen molar-refractivity contribution in [2.45, 2.75) is 37.1 Å². The Labute approximate surface area is 155 Å². The maximum absolute atomic E-state index is 13.2. The smallest absolute Gasteiger partial charge is 0.248 e. The molecule has 1 aliphatic heterocycles. The number of piperidine rings is 1. The van der Waals surface area contributed by atoms with Crippen LogP contribution >= 0.6 is 11.3 Å². The number of hydrogen-bond acceptors (Lipinski definition) is 7. The number of nitrogens with zero attached hydrogens (tertiary/aromatic N) is 5. The summed E-state index contributed by atoms with van der Waals surface area (Å²) in [4.78, 5) is 0.226. The van der Waals surface area contributed by atoms with Crippen molar-refractivity contribution in [1.29, 1.82) is 0 Å². The van der Waals surface area contributed by atoms with Crippen molar-refractivity contribution in [3.8, 4) is 11.5 Å². The summed E-state index contributed by atoms with van der Waals surface area (Å²) < 4.78 is 35.3.